The molecule has 0 aliphatic heterocycles. The first kappa shape index (κ1) is 15.3. The van der Waals surface area contributed by atoms with Crippen molar-refractivity contribution in [3.05, 3.63) is 24.3 Å². The maximum Gasteiger partial charge on any atom is 0.158 e. The van der Waals surface area contributed by atoms with Crippen LogP contribution < -0.4 is 4.74 Å². The van der Waals surface area contributed by atoms with E-state index in [0.717, 1.165) is 17.9 Å². The van der Waals surface area contributed by atoms with E-state index in [1.54, 1.807) is 18.9 Å². The van der Waals surface area contributed by atoms with Gasteiger partial charge < -0.3 is 14.2 Å². The lowest BCUT2D eigenvalue weighted by atomic mass is 10.3. The predicted molar refractivity (Wildman–Crippen MR) is 75.4 cm³/mol. The van der Waals surface area contributed by atoms with Gasteiger partial charge in [0.25, 0.3) is 0 Å². The number of methoxy groups -OCH3 is 1. The average molecular weight is 270 g/mol. The van der Waals surface area contributed by atoms with Crippen LogP contribution in [0.3, 0.4) is 0 Å². The largest absolute Gasteiger partial charge is 0.497 e. The van der Waals surface area contributed by atoms with Crippen LogP contribution in [-0.2, 0) is 9.47 Å². The Morgan fingerprint density at radius 2 is 1.67 bits per heavy atom. The van der Waals surface area contributed by atoms with E-state index in [1.165, 1.54) is 4.90 Å². The second kappa shape index (κ2) is 9.25. The van der Waals surface area contributed by atoms with Crippen molar-refractivity contribution < 1.29 is 14.2 Å². The number of benzene rings is 1. The molecule has 0 amide bonds. The summed E-state index contributed by atoms with van der Waals surface area (Å²) in [6.45, 7) is 5.36. The van der Waals surface area contributed by atoms with Gasteiger partial charge in [-0.3, -0.25) is 0 Å². The topological polar surface area (TPSA) is 27.7 Å². The van der Waals surface area contributed by atoms with E-state index in [0.29, 0.717) is 13.2 Å². The highest BCUT2D eigenvalue weighted by molar-refractivity contribution is 7.99. The number of thioether (sulfide) groups is 1. The molecule has 0 aliphatic rings. The number of ether oxygens (including phenoxy) is 3. The number of hydrogen-bond acceptors (Lipinski definition) is 4. The van der Waals surface area contributed by atoms with E-state index in [4.69, 9.17) is 14.2 Å². The molecule has 1 aromatic carbocycles. The van der Waals surface area contributed by atoms with Crippen molar-refractivity contribution in [1.29, 1.82) is 0 Å². The molecule has 0 aromatic heterocycles. The van der Waals surface area contributed by atoms with E-state index < -0.39 is 0 Å². The van der Waals surface area contributed by atoms with Crippen LogP contribution in [0.5, 0.6) is 5.75 Å². The Balaban J connectivity index is 2.30. The summed E-state index contributed by atoms with van der Waals surface area (Å²) in [5.74, 6) is 1.87. The number of rotatable bonds is 9. The van der Waals surface area contributed by atoms with Crippen molar-refractivity contribution in [2.45, 2.75) is 31.5 Å². The Kier molecular flexibility index (Phi) is 7.89. The van der Waals surface area contributed by atoms with Crippen LogP contribution in [0, 0.1) is 0 Å². The maximum atomic E-state index is 5.50. The lowest BCUT2D eigenvalue weighted by Crippen LogP contribution is -2.18. The van der Waals surface area contributed by atoms with E-state index in [9.17, 15) is 0 Å². The van der Waals surface area contributed by atoms with Crippen molar-refractivity contribution >= 4 is 11.8 Å². The van der Waals surface area contributed by atoms with Crippen LogP contribution >= 0.6 is 11.8 Å². The molecule has 0 unspecified atom stereocenters. The van der Waals surface area contributed by atoms with Crippen molar-refractivity contribution in [3.8, 4) is 5.75 Å². The van der Waals surface area contributed by atoms with Gasteiger partial charge in [-0.05, 0) is 38.1 Å². The molecule has 0 atom stereocenters. The average Bonchev–Trinajstić information content (AvgIpc) is 2.40. The molecule has 0 heterocycles. The van der Waals surface area contributed by atoms with Gasteiger partial charge in [0, 0.05) is 30.3 Å². The Labute approximate surface area is 114 Å². The molecular weight excluding hydrogens is 248 g/mol. The SMILES string of the molecule is CCOC(CCSc1ccc(OC)cc1)OCC. The highest BCUT2D eigenvalue weighted by Crippen LogP contribution is 2.22. The van der Waals surface area contributed by atoms with Gasteiger partial charge >= 0.3 is 0 Å². The van der Waals surface area contributed by atoms with Crippen molar-refractivity contribution in [3.63, 3.8) is 0 Å². The normalized spacial score (nSPS) is 10.9. The third-order valence-electron chi connectivity index (χ3n) is 2.39. The van der Waals surface area contributed by atoms with E-state index in [1.807, 2.05) is 26.0 Å². The fourth-order valence-corrected chi connectivity index (χ4v) is 2.41. The molecule has 0 saturated carbocycles. The van der Waals surface area contributed by atoms with Crippen molar-refractivity contribution in [1.82, 2.24) is 0 Å². The van der Waals surface area contributed by atoms with Gasteiger partial charge in [-0.15, -0.1) is 11.8 Å². The summed E-state index contributed by atoms with van der Waals surface area (Å²) < 4.78 is 16.1. The Bertz CT molecular complexity index is 307. The third-order valence-corrected chi connectivity index (χ3v) is 3.43. The summed E-state index contributed by atoms with van der Waals surface area (Å²) in [5.41, 5.74) is 0. The predicted octanol–water partition coefficient (Wildman–Crippen LogP) is 3.58. The molecule has 18 heavy (non-hydrogen) atoms. The molecule has 0 N–H and O–H groups in total. The van der Waals surface area contributed by atoms with Crippen molar-refractivity contribution in [2.75, 3.05) is 26.1 Å². The molecule has 0 radical (unpaired) electrons. The lowest BCUT2D eigenvalue weighted by molar-refractivity contribution is -0.136. The van der Waals surface area contributed by atoms with E-state index in [2.05, 4.69) is 12.1 Å². The minimum Gasteiger partial charge on any atom is -0.497 e. The Hall–Kier alpha value is -0.710. The minimum absolute atomic E-state index is 0.0780. The standard InChI is InChI=1S/C14H22O3S/c1-4-16-14(17-5-2)10-11-18-13-8-6-12(15-3)7-9-13/h6-9,14H,4-5,10-11H2,1-3H3. The van der Waals surface area contributed by atoms with Gasteiger partial charge in [0.15, 0.2) is 6.29 Å². The van der Waals surface area contributed by atoms with Gasteiger partial charge in [-0.2, -0.15) is 0 Å². The molecule has 0 fully saturated rings. The second-order valence-corrected chi connectivity index (χ2v) is 4.82. The molecule has 0 spiro atoms. The van der Waals surface area contributed by atoms with Crippen LogP contribution in [0.4, 0.5) is 0 Å². The smallest absolute Gasteiger partial charge is 0.158 e. The Morgan fingerprint density at radius 3 is 2.17 bits per heavy atom. The van der Waals surface area contributed by atoms with Gasteiger partial charge in [0.05, 0.1) is 7.11 Å². The molecule has 0 aliphatic carbocycles. The van der Waals surface area contributed by atoms with Crippen LogP contribution in [0.15, 0.2) is 29.2 Å². The van der Waals surface area contributed by atoms with Crippen LogP contribution in [0.1, 0.15) is 20.3 Å². The highest BCUT2D eigenvalue weighted by Gasteiger charge is 2.07. The zero-order valence-corrected chi connectivity index (χ0v) is 12.2. The number of hydrogen-bond donors (Lipinski definition) is 0. The molecular formula is C14H22O3S. The van der Waals surface area contributed by atoms with Gasteiger partial charge in [-0.1, -0.05) is 0 Å². The first-order chi connectivity index (χ1) is 8.80. The fraction of sp³-hybridized carbons (Fsp3) is 0.571. The fourth-order valence-electron chi connectivity index (χ4n) is 1.53. The minimum atomic E-state index is -0.0780. The summed E-state index contributed by atoms with van der Waals surface area (Å²) >= 11 is 1.80. The molecule has 1 rings (SSSR count). The van der Waals surface area contributed by atoms with Crippen molar-refractivity contribution in [2.24, 2.45) is 0 Å². The van der Waals surface area contributed by atoms with E-state index in [-0.39, 0.29) is 6.29 Å². The summed E-state index contributed by atoms with van der Waals surface area (Å²) in [6, 6.07) is 8.09. The highest BCUT2D eigenvalue weighted by atomic mass is 32.2. The van der Waals surface area contributed by atoms with Gasteiger partial charge in [0.2, 0.25) is 0 Å². The molecule has 1 aromatic rings. The van der Waals surface area contributed by atoms with Crippen LogP contribution in [-0.4, -0.2) is 32.4 Å². The molecule has 0 bridgehead atoms. The third kappa shape index (κ3) is 5.76. The molecule has 0 saturated heterocycles. The maximum absolute atomic E-state index is 5.50. The second-order valence-electron chi connectivity index (χ2n) is 3.65. The van der Waals surface area contributed by atoms with Crippen LogP contribution in [0.25, 0.3) is 0 Å². The van der Waals surface area contributed by atoms with Crippen LogP contribution in [0.2, 0.25) is 0 Å². The monoisotopic (exact) mass is 270 g/mol. The molecule has 4 heteroatoms. The zero-order valence-electron chi connectivity index (χ0n) is 11.3. The van der Waals surface area contributed by atoms with E-state index >= 15 is 0 Å². The Morgan fingerprint density at radius 1 is 1.06 bits per heavy atom. The lowest BCUT2D eigenvalue weighted by Gasteiger charge is -2.16. The first-order valence-corrected chi connectivity index (χ1v) is 7.28. The quantitative estimate of drug-likeness (QED) is 0.506. The molecule has 3 nitrogen and oxygen atoms in total. The summed E-state index contributed by atoms with van der Waals surface area (Å²) in [5, 5.41) is 0. The molecule has 102 valence electrons. The summed E-state index contributed by atoms with van der Waals surface area (Å²) in [4.78, 5) is 1.24. The van der Waals surface area contributed by atoms with Gasteiger partial charge in [-0.25, -0.2) is 0 Å². The summed E-state index contributed by atoms with van der Waals surface area (Å²) in [6.07, 6.45) is 0.823. The first-order valence-electron chi connectivity index (χ1n) is 6.30. The zero-order chi connectivity index (χ0) is 13.2. The summed E-state index contributed by atoms with van der Waals surface area (Å²) in [7, 11) is 1.68. The van der Waals surface area contributed by atoms with Gasteiger partial charge in [0.1, 0.15) is 5.75 Å².